The van der Waals surface area contributed by atoms with E-state index >= 15 is 0 Å². The number of anilines is 1. The van der Waals surface area contributed by atoms with Crippen LogP contribution in [-0.2, 0) is 25.6 Å². The second-order valence-corrected chi connectivity index (χ2v) is 13.9. The van der Waals surface area contributed by atoms with E-state index in [1.54, 1.807) is 23.1 Å². The first-order chi connectivity index (χ1) is 17.0. The van der Waals surface area contributed by atoms with Crippen LogP contribution in [0.5, 0.6) is 0 Å². The molecule has 0 amide bonds. The summed E-state index contributed by atoms with van der Waals surface area (Å²) in [4.78, 5) is 2.04. The van der Waals surface area contributed by atoms with E-state index in [9.17, 15) is 35.1 Å². The summed E-state index contributed by atoms with van der Waals surface area (Å²) in [6.45, 7) is 3.68. The maximum Gasteiger partial charge on any atom is 0.421 e. The Bertz CT molecular complexity index is 1320. The summed E-state index contributed by atoms with van der Waals surface area (Å²) in [5.41, 5.74) is -2.94. The lowest BCUT2D eigenvalue weighted by molar-refractivity contribution is -0.258. The van der Waals surface area contributed by atoms with Crippen LogP contribution in [0.2, 0.25) is 0 Å². The minimum absolute atomic E-state index is 0.0204. The van der Waals surface area contributed by atoms with Crippen molar-refractivity contribution in [3.8, 4) is 0 Å². The first-order valence-corrected chi connectivity index (χ1v) is 14.8. The van der Waals surface area contributed by atoms with Gasteiger partial charge in [-0.15, -0.1) is 12.6 Å². The molecule has 0 saturated carbocycles. The molecule has 2 atom stereocenters. The van der Waals surface area contributed by atoms with Gasteiger partial charge in [-0.2, -0.15) is 17.5 Å². The third-order valence-corrected chi connectivity index (χ3v) is 10.7. The Morgan fingerprint density at radius 3 is 2.19 bits per heavy atom. The molecule has 2 N–H and O–H groups in total. The number of hydrogen-bond acceptors (Lipinski definition) is 7. The van der Waals surface area contributed by atoms with Crippen LogP contribution >= 0.6 is 12.6 Å². The van der Waals surface area contributed by atoms with Crippen LogP contribution in [0.4, 0.5) is 18.9 Å². The number of nitrogens with one attached hydrogen (secondary N) is 1. The van der Waals surface area contributed by atoms with E-state index in [1.165, 1.54) is 36.4 Å². The van der Waals surface area contributed by atoms with Gasteiger partial charge in [-0.3, -0.25) is 0 Å². The zero-order valence-electron chi connectivity index (χ0n) is 20.5. The van der Waals surface area contributed by atoms with Crippen molar-refractivity contribution in [1.82, 2.24) is 9.03 Å². The number of benzene rings is 2. The molecule has 0 bridgehead atoms. The van der Waals surface area contributed by atoms with Crippen molar-refractivity contribution in [2.75, 3.05) is 31.1 Å². The lowest BCUT2D eigenvalue weighted by atomic mass is 9.95. The molecule has 2 aromatic carbocycles. The first-order valence-electron chi connectivity index (χ1n) is 11.4. The number of alkyl halides is 3. The molecule has 2 aromatic rings. The molecule has 1 heterocycles. The van der Waals surface area contributed by atoms with E-state index in [1.807, 2.05) is 0 Å². The van der Waals surface area contributed by atoms with Gasteiger partial charge in [-0.25, -0.2) is 21.6 Å². The third kappa shape index (κ3) is 6.25. The number of hydrogen-bond donors (Lipinski definition) is 3. The molecule has 1 fully saturated rings. The Labute approximate surface area is 221 Å². The van der Waals surface area contributed by atoms with Crippen LogP contribution in [0.25, 0.3) is 0 Å². The van der Waals surface area contributed by atoms with E-state index in [0.717, 1.165) is 12.1 Å². The Kier molecular flexibility index (Phi) is 8.62. The molecule has 0 radical (unpaired) electrons. The molecule has 1 saturated heterocycles. The SMILES string of the molecule is CC(C)S(=O)(=O)NC[C@H]1CN(S(=O)(=O)c2ccccc2S)CCN1c1ccc([C@@](C)(O)C(F)(F)F)cc1. The molecular weight excluding hydrogens is 551 g/mol. The predicted molar refractivity (Wildman–Crippen MR) is 138 cm³/mol. The van der Waals surface area contributed by atoms with Gasteiger partial charge in [0.05, 0.1) is 16.2 Å². The first kappa shape index (κ1) is 29.7. The van der Waals surface area contributed by atoms with Gasteiger partial charge in [0.15, 0.2) is 5.60 Å². The quantitative estimate of drug-likeness (QED) is 0.414. The lowest BCUT2D eigenvalue weighted by Crippen LogP contribution is -2.58. The summed E-state index contributed by atoms with van der Waals surface area (Å²) in [6.07, 6.45) is -4.88. The van der Waals surface area contributed by atoms with Crippen LogP contribution in [0.1, 0.15) is 26.3 Å². The van der Waals surface area contributed by atoms with Crippen molar-refractivity contribution < 1.29 is 35.1 Å². The number of piperazine rings is 1. The molecule has 37 heavy (non-hydrogen) atoms. The lowest BCUT2D eigenvalue weighted by Gasteiger charge is -2.42. The van der Waals surface area contributed by atoms with E-state index in [4.69, 9.17) is 0 Å². The summed E-state index contributed by atoms with van der Waals surface area (Å²) >= 11 is 4.25. The molecule has 0 unspecified atom stereocenters. The summed E-state index contributed by atoms with van der Waals surface area (Å²) in [7, 11) is -7.62. The van der Waals surface area contributed by atoms with Crippen molar-refractivity contribution in [3.05, 3.63) is 54.1 Å². The molecule has 14 heteroatoms. The number of halogens is 3. The third-order valence-electron chi connectivity index (χ3n) is 6.38. The monoisotopic (exact) mass is 581 g/mol. The Morgan fingerprint density at radius 1 is 1.05 bits per heavy atom. The summed E-state index contributed by atoms with van der Waals surface area (Å²) in [5.74, 6) is 0. The second kappa shape index (κ2) is 10.7. The summed E-state index contributed by atoms with van der Waals surface area (Å²) < 4.78 is 95.0. The van der Waals surface area contributed by atoms with Gasteiger partial charge in [0.1, 0.15) is 0 Å². The second-order valence-electron chi connectivity index (χ2n) is 9.24. The van der Waals surface area contributed by atoms with Gasteiger partial charge < -0.3 is 10.0 Å². The molecular formula is C23H30F3N3O5S3. The number of sulfonamides is 2. The van der Waals surface area contributed by atoms with Gasteiger partial charge >= 0.3 is 6.18 Å². The summed E-state index contributed by atoms with van der Waals surface area (Å²) in [5, 5.41) is 9.24. The standard InChI is InChI=1S/C23H30F3N3O5S3/c1-16(2)36(31,32)27-14-19-15-28(37(33,34)21-7-5-4-6-20(21)35)12-13-29(19)18-10-8-17(9-11-18)22(3,30)23(24,25)26/h4-11,16,19,27,30,35H,12-15H2,1-3H3/t19-,22+/m0/s1. The van der Waals surface area contributed by atoms with Gasteiger partial charge in [0.2, 0.25) is 20.0 Å². The fraction of sp³-hybridized carbons (Fsp3) is 0.478. The van der Waals surface area contributed by atoms with Crippen LogP contribution < -0.4 is 9.62 Å². The molecule has 206 valence electrons. The van der Waals surface area contributed by atoms with E-state index in [-0.39, 0.29) is 41.5 Å². The predicted octanol–water partition coefficient (Wildman–Crippen LogP) is 2.95. The van der Waals surface area contributed by atoms with E-state index in [2.05, 4.69) is 17.4 Å². The number of nitrogens with zero attached hydrogens (tertiary/aromatic N) is 2. The molecule has 8 nitrogen and oxygen atoms in total. The zero-order valence-corrected chi connectivity index (χ0v) is 23.0. The van der Waals surface area contributed by atoms with Crippen LogP contribution in [0.15, 0.2) is 58.3 Å². The number of rotatable bonds is 8. The maximum atomic E-state index is 13.3. The fourth-order valence-corrected chi connectivity index (χ4v) is 6.71. The highest BCUT2D eigenvalue weighted by molar-refractivity contribution is 7.90. The Balaban J connectivity index is 1.93. The Hall–Kier alpha value is -1.84. The number of thiol groups is 1. The van der Waals surface area contributed by atoms with Gasteiger partial charge in [-0.1, -0.05) is 24.3 Å². The number of aliphatic hydroxyl groups is 1. The highest BCUT2D eigenvalue weighted by Gasteiger charge is 2.51. The van der Waals surface area contributed by atoms with E-state index < -0.39 is 43.1 Å². The maximum absolute atomic E-state index is 13.3. The highest BCUT2D eigenvalue weighted by Crippen LogP contribution is 2.39. The largest absolute Gasteiger partial charge is 0.421 e. The average Bonchev–Trinajstić information content (AvgIpc) is 2.82. The fourth-order valence-electron chi connectivity index (χ4n) is 3.89. The van der Waals surface area contributed by atoms with Crippen molar-refractivity contribution >= 4 is 38.4 Å². The van der Waals surface area contributed by atoms with Crippen molar-refractivity contribution in [2.24, 2.45) is 0 Å². The molecule has 0 aliphatic carbocycles. The van der Waals surface area contributed by atoms with Crippen LogP contribution in [0, 0.1) is 0 Å². The molecule has 1 aliphatic rings. The van der Waals surface area contributed by atoms with Crippen molar-refractivity contribution in [3.63, 3.8) is 0 Å². The van der Waals surface area contributed by atoms with Gasteiger partial charge in [0.25, 0.3) is 0 Å². The molecule has 3 rings (SSSR count). The van der Waals surface area contributed by atoms with Gasteiger partial charge in [-0.05, 0) is 50.6 Å². The van der Waals surface area contributed by atoms with E-state index in [0.29, 0.717) is 12.6 Å². The minimum Gasteiger partial charge on any atom is -0.376 e. The Morgan fingerprint density at radius 2 is 1.65 bits per heavy atom. The topological polar surface area (TPSA) is 107 Å². The molecule has 1 aliphatic heterocycles. The zero-order chi connectivity index (χ0) is 27.8. The van der Waals surface area contributed by atoms with Gasteiger partial charge in [0, 0.05) is 36.8 Å². The molecule has 0 aromatic heterocycles. The van der Waals surface area contributed by atoms with Crippen LogP contribution in [0.3, 0.4) is 0 Å². The molecule has 0 spiro atoms. The average molecular weight is 582 g/mol. The van der Waals surface area contributed by atoms with Crippen LogP contribution in [-0.4, -0.2) is 69.9 Å². The minimum atomic E-state index is -4.88. The smallest absolute Gasteiger partial charge is 0.376 e. The highest BCUT2D eigenvalue weighted by atomic mass is 32.2. The van der Waals surface area contributed by atoms with Crippen molar-refractivity contribution in [2.45, 2.75) is 53.6 Å². The summed E-state index contributed by atoms with van der Waals surface area (Å²) in [6, 6.07) is 10.6. The normalized spacial score (nSPS) is 19.7. The van der Waals surface area contributed by atoms with Crippen molar-refractivity contribution in [1.29, 1.82) is 0 Å².